The normalized spacial score (nSPS) is 13.9. The van der Waals surface area contributed by atoms with Crippen LogP contribution in [0.4, 0.5) is 13.2 Å². The third kappa shape index (κ3) is 5.67. The van der Waals surface area contributed by atoms with Crippen LogP contribution in [0, 0.1) is 0 Å². The molecule has 1 aromatic rings. The van der Waals surface area contributed by atoms with Crippen LogP contribution in [-0.4, -0.2) is 27.0 Å². The molecule has 1 unspecified atom stereocenters. The fraction of sp³-hybridized carbons (Fsp3) is 0.800. The van der Waals surface area contributed by atoms with Crippen LogP contribution < -0.4 is 5.32 Å². The lowest BCUT2D eigenvalue weighted by atomic mass is 10.1. The van der Waals surface area contributed by atoms with Gasteiger partial charge in [-0.25, -0.2) is 0 Å². The predicted molar refractivity (Wildman–Crippen MR) is 57.2 cm³/mol. The summed E-state index contributed by atoms with van der Waals surface area (Å²) in [5, 5.41) is 10.7. The third-order valence-electron chi connectivity index (χ3n) is 2.51. The molecule has 0 saturated carbocycles. The molecule has 0 amide bonds. The van der Waals surface area contributed by atoms with Crippen LogP contribution in [0.5, 0.6) is 0 Å². The largest absolute Gasteiger partial charge is 0.389 e. The second-order valence-electron chi connectivity index (χ2n) is 4.15. The fourth-order valence-electron chi connectivity index (χ4n) is 1.44. The Balaban J connectivity index is 2.18. The standard InChI is InChI=1S/C10H17F3N4/c1-8(4-3-5-10(11,12)13)14-6-9-16-15-7-17(9)2/h7-8,14H,3-6H2,1-2H3. The van der Waals surface area contributed by atoms with E-state index in [0.717, 1.165) is 5.82 Å². The summed E-state index contributed by atoms with van der Waals surface area (Å²) in [5.41, 5.74) is 0. The lowest BCUT2D eigenvalue weighted by molar-refractivity contribution is -0.135. The van der Waals surface area contributed by atoms with Crippen molar-refractivity contribution in [2.45, 2.75) is 44.9 Å². The SMILES string of the molecule is CC(CCCC(F)(F)F)NCc1nncn1C. The molecule has 7 heteroatoms. The van der Waals surface area contributed by atoms with Crippen molar-refractivity contribution >= 4 is 0 Å². The van der Waals surface area contributed by atoms with Crippen molar-refractivity contribution in [1.82, 2.24) is 20.1 Å². The van der Waals surface area contributed by atoms with E-state index in [1.807, 2.05) is 14.0 Å². The number of rotatable bonds is 6. The van der Waals surface area contributed by atoms with Gasteiger partial charge >= 0.3 is 6.18 Å². The summed E-state index contributed by atoms with van der Waals surface area (Å²) in [4.78, 5) is 0. The Morgan fingerprint density at radius 1 is 1.47 bits per heavy atom. The first-order valence-electron chi connectivity index (χ1n) is 5.51. The molecule has 0 spiro atoms. The molecule has 0 radical (unpaired) electrons. The Bertz CT molecular complexity index is 335. The zero-order valence-corrected chi connectivity index (χ0v) is 9.96. The first-order valence-corrected chi connectivity index (χ1v) is 5.51. The number of hydrogen-bond acceptors (Lipinski definition) is 3. The fourth-order valence-corrected chi connectivity index (χ4v) is 1.44. The molecule has 0 bridgehead atoms. The highest BCUT2D eigenvalue weighted by atomic mass is 19.4. The molecule has 1 heterocycles. The van der Waals surface area contributed by atoms with Crippen molar-refractivity contribution < 1.29 is 13.2 Å². The van der Waals surface area contributed by atoms with Crippen molar-refractivity contribution in [3.63, 3.8) is 0 Å². The molecule has 1 rings (SSSR count). The van der Waals surface area contributed by atoms with Crippen molar-refractivity contribution in [3.05, 3.63) is 12.2 Å². The van der Waals surface area contributed by atoms with Gasteiger partial charge in [-0.15, -0.1) is 10.2 Å². The minimum absolute atomic E-state index is 0.0362. The third-order valence-corrected chi connectivity index (χ3v) is 2.51. The van der Waals surface area contributed by atoms with E-state index in [4.69, 9.17) is 0 Å². The molecule has 1 N–H and O–H groups in total. The number of hydrogen-bond donors (Lipinski definition) is 1. The molecule has 0 aliphatic carbocycles. The average Bonchev–Trinajstić information content (AvgIpc) is 2.59. The van der Waals surface area contributed by atoms with Crippen LogP contribution in [0.25, 0.3) is 0 Å². The van der Waals surface area contributed by atoms with Crippen molar-refractivity contribution in [3.8, 4) is 0 Å². The number of aromatic nitrogens is 3. The van der Waals surface area contributed by atoms with Gasteiger partial charge < -0.3 is 9.88 Å². The van der Waals surface area contributed by atoms with E-state index >= 15 is 0 Å². The highest BCUT2D eigenvalue weighted by Crippen LogP contribution is 2.22. The zero-order valence-electron chi connectivity index (χ0n) is 9.96. The summed E-state index contributed by atoms with van der Waals surface area (Å²) < 4.78 is 37.6. The first kappa shape index (κ1) is 14.0. The molecule has 0 saturated heterocycles. The lowest BCUT2D eigenvalue weighted by Crippen LogP contribution is -2.27. The maximum absolute atomic E-state index is 11.9. The predicted octanol–water partition coefficient (Wildman–Crippen LogP) is 2.03. The van der Waals surface area contributed by atoms with Crippen LogP contribution in [0.3, 0.4) is 0 Å². The Morgan fingerprint density at radius 3 is 2.71 bits per heavy atom. The lowest BCUT2D eigenvalue weighted by Gasteiger charge is -2.13. The number of halogens is 3. The smallest absolute Gasteiger partial charge is 0.320 e. The summed E-state index contributed by atoms with van der Waals surface area (Å²) >= 11 is 0. The quantitative estimate of drug-likeness (QED) is 0.840. The monoisotopic (exact) mass is 250 g/mol. The van der Waals surface area contributed by atoms with Gasteiger partial charge in [0.05, 0.1) is 6.54 Å². The van der Waals surface area contributed by atoms with Crippen LogP contribution in [0.15, 0.2) is 6.33 Å². The number of nitrogens with one attached hydrogen (secondary N) is 1. The molecule has 98 valence electrons. The topological polar surface area (TPSA) is 42.7 Å². The second-order valence-corrected chi connectivity index (χ2v) is 4.15. The zero-order chi connectivity index (χ0) is 12.9. The van der Waals surface area contributed by atoms with Crippen molar-refractivity contribution in [2.24, 2.45) is 7.05 Å². The molecule has 4 nitrogen and oxygen atoms in total. The van der Waals surface area contributed by atoms with Gasteiger partial charge in [0.25, 0.3) is 0 Å². The van der Waals surface area contributed by atoms with Crippen molar-refractivity contribution in [1.29, 1.82) is 0 Å². The first-order chi connectivity index (χ1) is 7.88. The van der Waals surface area contributed by atoms with Crippen LogP contribution in [-0.2, 0) is 13.6 Å². The van der Waals surface area contributed by atoms with Gasteiger partial charge in [-0.2, -0.15) is 13.2 Å². The summed E-state index contributed by atoms with van der Waals surface area (Å²) in [6, 6.07) is 0.0362. The maximum atomic E-state index is 11.9. The summed E-state index contributed by atoms with van der Waals surface area (Å²) in [7, 11) is 1.82. The van der Waals surface area contributed by atoms with Gasteiger partial charge in [-0.1, -0.05) is 0 Å². The minimum atomic E-state index is -4.05. The highest BCUT2D eigenvalue weighted by Gasteiger charge is 2.26. The van der Waals surface area contributed by atoms with Gasteiger partial charge in [0, 0.05) is 19.5 Å². The number of aryl methyl sites for hydroxylation is 1. The summed E-state index contributed by atoms with van der Waals surface area (Å²) in [5.74, 6) is 0.771. The molecule has 1 atom stereocenters. The van der Waals surface area contributed by atoms with Crippen LogP contribution in [0.2, 0.25) is 0 Å². The van der Waals surface area contributed by atoms with E-state index in [2.05, 4.69) is 15.5 Å². The molecule has 17 heavy (non-hydrogen) atoms. The molecule has 0 aromatic carbocycles. The molecular weight excluding hydrogens is 233 g/mol. The van der Waals surface area contributed by atoms with Gasteiger partial charge in [-0.3, -0.25) is 0 Å². The van der Waals surface area contributed by atoms with Crippen LogP contribution in [0.1, 0.15) is 32.0 Å². The van der Waals surface area contributed by atoms with Gasteiger partial charge in [0.15, 0.2) is 0 Å². The van der Waals surface area contributed by atoms with Crippen LogP contribution >= 0.6 is 0 Å². The second kappa shape index (κ2) is 6.00. The number of alkyl halides is 3. The van der Waals surface area contributed by atoms with E-state index in [0.29, 0.717) is 13.0 Å². The molecule has 0 aliphatic rings. The van der Waals surface area contributed by atoms with E-state index in [-0.39, 0.29) is 12.5 Å². The Kier molecular flexibility index (Phi) is 4.92. The number of nitrogens with zero attached hydrogens (tertiary/aromatic N) is 3. The van der Waals surface area contributed by atoms with Gasteiger partial charge in [-0.05, 0) is 19.8 Å². The average molecular weight is 250 g/mol. The van der Waals surface area contributed by atoms with Gasteiger partial charge in [0.1, 0.15) is 12.2 Å². The summed E-state index contributed by atoms with van der Waals surface area (Å²) in [6.07, 6.45) is -2.54. The van der Waals surface area contributed by atoms with E-state index < -0.39 is 12.6 Å². The maximum Gasteiger partial charge on any atom is 0.389 e. The minimum Gasteiger partial charge on any atom is -0.320 e. The van der Waals surface area contributed by atoms with E-state index in [1.165, 1.54) is 0 Å². The highest BCUT2D eigenvalue weighted by molar-refractivity contribution is 4.83. The van der Waals surface area contributed by atoms with E-state index in [1.54, 1.807) is 10.9 Å². The molecule has 0 aliphatic heterocycles. The molecule has 1 aromatic heterocycles. The summed E-state index contributed by atoms with van der Waals surface area (Å²) in [6.45, 7) is 2.39. The molecule has 0 fully saturated rings. The Labute approximate surface area is 98.2 Å². The molecular formula is C10H17F3N4. The van der Waals surface area contributed by atoms with E-state index in [9.17, 15) is 13.2 Å². The van der Waals surface area contributed by atoms with Crippen molar-refractivity contribution in [2.75, 3.05) is 0 Å². The van der Waals surface area contributed by atoms with Gasteiger partial charge in [0.2, 0.25) is 0 Å². The Morgan fingerprint density at radius 2 is 2.18 bits per heavy atom. The Hall–Kier alpha value is -1.11.